The summed E-state index contributed by atoms with van der Waals surface area (Å²) in [6, 6.07) is 12.8. The summed E-state index contributed by atoms with van der Waals surface area (Å²) in [6.07, 6.45) is 6.68. The van der Waals surface area contributed by atoms with E-state index in [4.69, 9.17) is 0 Å². The minimum atomic E-state index is -1.41. The van der Waals surface area contributed by atoms with Crippen molar-refractivity contribution in [2.75, 3.05) is 0 Å². The second-order valence-corrected chi connectivity index (χ2v) is 8.11. The van der Waals surface area contributed by atoms with Crippen molar-refractivity contribution in [1.29, 1.82) is 15.8 Å². The van der Waals surface area contributed by atoms with E-state index in [1.54, 1.807) is 23.3 Å². The molecule has 0 radical (unpaired) electrons. The number of benzene rings is 1. The molecule has 27 heavy (non-hydrogen) atoms. The van der Waals surface area contributed by atoms with Crippen LogP contribution in [-0.2, 0) is 4.79 Å². The zero-order valence-electron chi connectivity index (χ0n) is 14.3. The minimum Gasteiger partial charge on any atom is -0.356 e. The SMILES string of the molecule is N#CC1=CN2[C@@H](C(=O)C3CC3)[C@@H](c3ccc(Br)cc3)C(C#N)(C#N)[C@H]2C=C1. The number of Topliss-reactive ketones (excluding diaryl/α,β-unsaturated/α-hetero) is 1. The molecule has 1 aromatic rings. The van der Waals surface area contributed by atoms with Crippen molar-refractivity contribution in [3.05, 3.63) is 58.2 Å². The number of halogens is 1. The van der Waals surface area contributed by atoms with Crippen molar-refractivity contribution in [1.82, 2.24) is 4.90 Å². The second kappa shape index (κ2) is 6.38. The van der Waals surface area contributed by atoms with E-state index in [0.717, 1.165) is 22.9 Å². The van der Waals surface area contributed by atoms with Crippen LogP contribution in [0.5, 0.6) is 0 Å². The zero-order valence-corrected chi connectivity index (χ0v) is 15.9. The average Bonchev–Trinajstić information content (AvgIpc) is 3.50. The molecule has 2 heterocycles. The Morgan fingerprint density at radius 1 is 1.15 bits per heavy atom. The van der Waals surface area contributed by atoms with E-state index in [2.05, 4.69) is 34.1 Å². The number of nitrogens with zero attached hydrogens (tertiary/aromatic N) is 4. The number of fused-ring (bicyclic) bond motifs is 1. The van der Waals surface area contributed by atoms with Gasteiger partial charge in [0.25, 0.3) is 0 Å². The first-order valence-electron chi connectivity index (χ1n) is 8.75. The average molecular weight is 419 g/mol. The van der Waals surface area contributed by atoms with Gasteiger partial charge in [-0.1, -0.05) is 34.1 Å². The lowest BCUT2D eigenvalue weighted by atomic mass is 9.69. The van der Waals surface area contributed by atoms with Crippen LogP contribution >= 0.6 is 15.9 Å². The third kappa shape index (κ3) is 2.59. The summed E-state index contributed by atoms with van der Waals surface area (Å²) < 4.78 is 0.887. The van der Waals surface area contributed by atoms with Crippen LogP contribution in [0.2, 0.25) is 0 Å². The highest BCUT2D eigenvalue weighted by Crippen LogP contribution is 2.54. The lowest BCUT2D eigenvalue weighted by Gasteiger charge is -2.30. The second-order valence-electron chi connectivity index (χ2n) is 7.19. The standard InChI is InChI=1S/C21H15BrN4O/c22-16-6-4-14(5-7-16)18-19(20(27)15-2-3-15)26-10-13(9-23)1-8-17(26)21(18,11-24)12-25/h1,4-8,10,15,17-19H,2-3H2/t17-,18-,19-/m1/s1. The molecule has 1 aliphatic carbocycles. The lowest BCUT2D eigenvalue weighted by molar-refractivity contribution is -0.124. The molecule has 2 fully saturated rings. The van der Waals surface area contributed by atoms with Gasteiger partial charge in [-0.15, -0.1) is 0 Å². The van der Waals surface area contributed by atoms with Gasteiger partial charge in [-0.3, -0.25) is 4.79 Å². The maximum Gasteiger partial charge on any atom is 0.176 e. The number of carbonyl (C=O) groups excluding carboxylic acids is 1. The Kier molecular flexibility index (Phi) is 4.14. The molecule has 6 heteroatoms. The monoisotopic (exact) mass is 418 g/mol. The van der Waals surface area contributed by atoms with Crippen molar-refractivity contribution in [2.24, 2.45) is 11.3 Å². The van der Waals surface area contributed by atoms with E-state index in [-0.39, 0.29) is 11.7 Å². The van der Waals surface area contributed by atoms with Crippen LogP contribution in [0.25, 0.3) is 0 Å². The highest BCUT2D eigenvalue weighted by atomic mass is 79.9. The van der Waals surface area contributed by atoms with Crippen molar-refractivity contribution in [2.45, 2.75) is 30.8 Å². The van der Waals surface area contributed by atoms with Crippen LogP contribution in [0.3, 0.4) is 0 Å². The summed E-state index contributed by atoms with van der Waals surface area (Å²) in [5.41, 5.74) is -0.201. The molecule has 0 unspecified atom stereocenters. The van der Waals surface area contributed by atoms with Gasteiger partial charge in [0.1, 0.15) is 6.07 Å². The number of hydrogen-bond donors (Lipinski definition) is 0. The minimum absolute atomic E-state index is 0.0216. The van der Waals surface area contributed by atoms with Crippen LogP contribution in [0.15, 0.2) is 52.7 Å². The summed E-state index contributed by atoms with van der Waals surface area (Å²) in [4.78, 5) is 15.0. The number of hydrogen-bond acceptors (Lipinski definition) is 5. The first kappa shape index (κ1) is 17.5. The van der Waals surface area contributed by atoms with E-state index < -0.39 is 23.4 Å². The fourth-order valence-electron chi connectivity index (χ4n) is 4.22. The number of carbonyl (C=O) groups is 1. The molecule has 132 valence electrons. The molecule has 0 amide bonds. The number of allylic oxidation sites excluding steroid dienone is 2. The van der Waals surface area contributed by atoms with Crippen molar-refractivity contribution in [3.8, 4) is 18.2 Å². The molecule has 0 spiro atoms. The molecule has 3 atom stereocenters. The van der Waals surface area contributed by atoms with Gasteiger partial charge in [0.2, 0.25) is 0 Å². The number of ketones is 1. The quantitative estimate of drug-likeness (QED) is 0.747. The van der Waals surface area contributed by atoms with Crippen LogP contribution in [0.4, 0.5) is 0 Å². The van der Waals surface area contributed by atoms with Crippen LogP contribution in [-0.4, -0.2) is 22.8 Å². The third-order valence-corrected chi connectivity index (χ3v) is 6.19. The number of rotatable bonds is 3. The van der Waals surface area contributed by atoms with E-state index >= 15 is 0 Å². The maximum atomic E-state index is 13.2. The van der Waals surface area contributed by atoms with Gasteiger partial charge in [-0.05, 0) is 36.6 Å². The van der Waals surface area contributed by atoms with Gasteiger partial charge < -0.3 is 4.90 Å². The maximum absolute atomic E-state index is 13.2. The van der Waals surface area contributed by atoms with Crippen molar-refractivity contribution < 1.29 is 4.79 Å². The van der Waals surface area contributed by atoms with E-state index in [1.165, 1.54) is 0 Å². The van der Waals surface area contributed by atoms with E-state index in [0.29, 0.717) is 5.57 Å². The molecule has 0 bridgehead atoms. The molecular weight excluding hydrogens is 404 g/mol. The topological polar surface area (TPSA) is 91.7 Å². The van der Waals surface area contributed by atoms with Gasteiger partial charge in [0, 0.05) is 22.5 Å². The molecule has 1 saturated carbocycles. The van der Waals surface area contributed by atoms with Gasteiger partial charge in [0.15, 0.2) is 11.2 Å². The molecule has 0 N–H and O–H groups in total. The van der Waals surface area contributed by atoms with Gasteiger partial charge >= 0.3 is 0 Å². The van der Waals surface area contributed by atoms with Crippen LogP contribution in [0, 0.1) is 45.3 Å². The summed E-state index contributed by atoms with van der Waals surface area (Å²) in [5.74, 6) is -0.548. The Labute approximate surface area is 165 Å². The predicted octanol–water partition coefficient (Wildman–Crippen LogP) is 3.58. The first-order valence-corrected chi connectivity index (χ1v) is 9.54. The largest absolute Gasteiger partial charge is 0.356 e. The van der Waals surface area contributed by atoms with Gasteiger partial charge in [0.05, 0.1) is 29.8 Å². The molecule has 1 saturated heterocycles. The summed E-state index contributed by atoms with van der Waals surface area (Å²) in [5, 5.41) is 29.5. The Morgan fingerprint density at radius 3 is 2.37 bits per heavy atom. The fraction of sp³-hybridized carbons (Fsp3) is 0.333. The Hall–Kier alpha value is -2.88. The van der Waals surface area contributed by atoms with E-state index in [9.17, 15) is 20.6 Å². The van der Waals surface area contributed by atoms with E-state index in [1.807, 2.05) is 24.3 Å². The first-order chi connectivity index (χ1) is 13.1. The summed E-state index contributed by atoms with van der Waals surface area (Å²) in [7, 11) is 0. The highest BCUT2D eigenvalue weighted by molar-refractivity contribution is 9.10. The molecule has 5 nitrogen and oxygen atoms in total. The summed E-state index contributed by atoms with van der Waals surface area (Å²) in [6.45, 7) is 0. The van der Waals surface area contributed by atoms with Crippen molar-refractivity contribution in [3.63, 3.8) is 0 Å². The van der Waals surface area contributed by atoms with Crippen LogP contribution in [0.1, 0.15) is 24.3 Å². The molecule has 1 aromatic carbocycles. The smallest absolute Gasteiger partial charge is 0.176 e. The predicted molar refractivity (Wildman–Crippen MR) is 101 cm³/mol. The lowest BCUT2D eigenvalue weighted by Crippen LogP contribution is -2.40. The Morgan fingerprint density at radius 2 is 1.81 bits per heavy atom. The molecular formula is C21H15BrN4O. The van der Waals surface area contributed by atoms with Crippen molar-refractivity contribution >= 4 is 21.7 Å². The van der Waals surface area contributed by atoms with Gasteiger partial charge in [-0.2, -0.15) is 15.8 Å². The molecule has 2 aliphatic heterocycles. The summed E-state index contributed by atoms with van der Waals surface area (Å²) >= 11 is 3.41. The van der Waals surface area contributed by atoms with Crippen LogP contribution < -0.4 is 0 Å². The highest BCUT2D eigenvalue weighted by Gasteiger charge is 2.63. The molecule has 3 aliphatic rings. The fourth-order valence-corrected chi connectivity index (χ4v) is 4.49. The third-order valence-electron chi connectivity index (χ3n) is 5.66. The Balaban J connectivity index is 1.92. The van der Waals surface area contributed by atoms with Gasteiger partial charge in [-0.25, -0.2) is 0 Å². The normalized spacial score (nSPS) is 27.7. The Bertz CT molecular complexity index is 971. The molecule has 4 rings (SSSR count). The number of nitriles is 3. The molecule has 0 aromatic heterocycles. The zero-order chi connectivity index (χ0) is 19.2.